The van der Waals surface area contributed by atoms with Crippen molar-refractivity contribution in [1.29, 1.82) is 0 Å². The molecule has 0 aromatic rings. The monoisotopic (exact) mass is 500 g/mol. The lowest BCUT2D eigenvalue weighted by Crippen LogP contribution is -2.71. The summed E-state index contributed by atoms with van der Waals surface area (Å²) in [7, 11) is 0. The molecule has 188 valence electrons. The Bertz CT molecular complexity index is 1040. The van der Waals surface area contributed by atoms with Crippen molar-refractivity contribution in [3.05, 3.63) is 23.0 Å². The Labute approximate surface area is 202 Å². The SMILES string of the molecule is CCC1=C[C@@]2(C)C(=C(F)C1=O)[C@@H](F)C[C@H]1[C@@H]3C[C@H](C)[C@](OC(C)=O)(C(O)=S)[C@@]3(C)C[C@H](O)[C@@]12F. The van der Waals surface area contributed by atoms with E-state index in [0.717, 1.165) is 0 Å². The Morgan fingerprint density at radius 1 is 1.29 bits per heavy atom. The number of Topliss-reactive ketones (excluding diaryl/α,β-unsaturated/α-hetero) is 1. The van der Waals surface area contributed by atoms with Gasteiger partial charge in [0, 0.05) is 29.7 Å². The van der Waals surface area contributed by atoms with E-state index >= 15 is 13.2 Å². The maximum atomic E-state index is 17.4. The average molecular weight is 501 g/mol. The first-order valence-corrected chi connectivity index (χ1v) is 12.1. The van der Waals surface area contributed by atoms with Crippen molar-refractivity contribution in [1.82, 2.24) is 0 Å². The molecule has 2 N–H and O–H groups in total. The molecule has 5 nitrogen and oxygen atoms in total. The van der Waals surface area contributed by atoms with E-state index in [9.17, 15) is 19.8 Å². The molecule has 4 rings (SSSR count). The van der Waals surface area contributed by atoms with Crippen molar-refractivity contribution in [2.45, 2.75) is 83.8 Å². The molecule has 4 aliphatic rings. The van der Waals surface area contributed by atoms with E-state index in [1.54, 1.807) is 20.8 Å². The van der Waals surface area contributed by atoms with Gasteiger partial charge in [-0.1, -0.05) is 26.8 Å². The largest absolute Gasteiger partial charge is 0.499 e. The average Bonchev–Trinajstić information content (AvgIpc) is 2.94. The normalized spacial score (nSPS) is 48.0. The van der Waals surface area contributed by atoms with Gasteiger partial charge in [-0.3, -0.25) is 9.59 Å². The molecular weight excluding hydrogens is 469 g/mol. The molecule has 0 spiro atoms. The van der Waals surface area contributed by atoms with E-state index in [4.69, 9.17) is 17.0 Å². The van der Waals surface area contributed by atoms with Crippen molar-refractivity contribution >= 4 is 29.0 Å². The van der Waals surface area contributed by atoms with Gasteiger partial charge < -0.3 is 14.9 Å². The van der Waals surface area contributed by atoms with Crippen molar-refractivity contribution in [2.24, 2.45) is 28.6 Å². The summed E-state index contributed by atoms with van der Waals surface area (Å²) in [5.41, 5.74) is -7.74. The Kier molecular flexibility index (Phi) is 5.69. The standard InChI is InChI=1S/C25H31F3O5S/c1-6-13-9-23(5)18(19(27)20(13)31)16(26)8-15-14-7-11(2)25(21(32)34,33-12(3)29)22(14,4)10-17(30)24(15,23)28/h9,11,14-17,30H,6-8,10H2,1-5H3,(H,32,34)/t11-,14-,15-,16-,17-,22-,23-,24-,25-/m0/s1. The van der Waals surface area contributed by atoms with Crippen LogP contribution in [0.15, 0.2) is 23.0 Å². The Hall–Kier alpha value is -1.74. The smallest absolute Gasteiger partial charge is 0.303 e. The highest BCUT2D eigenvalue weighted by molar-refractivity contribution is 7.80. The molecule has 3 fully saturated rings. The van der Waals surface area contributed by atoms with Crippen LogP contribution in [0.5, 0.6) is 0 Å². The summed E-state index contributed by atoms with van der Waals surface area (Å²) in [4.78, 5) is 24.5. The van der Waals surface area contributed by atoms with Gasteiger partial charge in [-0.25, -0.2) is 13.2 Å². The van der Waals surface area contributed by atoms with Gasteiger partial charge in [-0.2, -0.15) is 0 Å². The van der Waals surface area contributed by atoms with Gasteiger partial charge in [0.1, 0.15) is 6.17 Å². The molecule has 34 heavy (non-hydrogen) atoms. The maximum absolute atomic E-state index is 17.4. The number of alkyl halides is 2. The number of carbonyl (C=O) groups excluding carboxylic acids is 2. The van der Waals surface area contributed by atoms with E-state index in [0.29, 0.717) is 0 Å². The van der Waals surface area contributed by atoms with Crippen LogP contribution in [0.2, 0.25) is 0 Å². The first kappa shape index (κ1) is 25.4. The highest BCUT2D eigenvalue weighted by atomic mass is 32.1. The minimum Gasteiger partial charge on any atom is -0.499 e. The number of halogens is 3. The zero-order chi connectivity index (χ0) is 25.6. The third kappa shape index (κ3) is 2.74. The fourth-order valence-electron chi connectivity index (χ4n) is 8.02. The fourth-order valence-corrected chi connectivity index (χ4v) is 8.50. The van der Waals surface area contributed by atoms with E-state index in [-0.39, 0.29) is 24.8 Å². The lowest BCUT2D eigenvalue weighted by atomic mass is 9.44. The molecule has 0 aliphatic heterocycles. The number of ketones is 1. The number of hydrogen-bond acceptors (Lipinski definition) is 5. The summed E-state index contributed by atoms with van der Waals surface area (Å²) < 4.78 is 53.8. The van der Waals surface area contributed by atoms with Crippen molar-refractivity contribution < 1.29 is 37.7 Å². The van der Waals surface area contributed by atoms with Crippen LogP contribution < -0.4 is 0 Å². The summed E-state index contributed by atoms with van der Waals surface area (Å²) >= 11 is 5.14. The number of esters is 1. The van der Waals surface area contributed by atoms with Gasteiger partial charge in [0.05, 0.1) is 11.5 Å². The highest BCUT2D eigenvalue weighted by Crippen LogP contribution is 2.72. The van der Waals surface area contributed by atoms with Crippen molar-refractivity contribution in [2.75, 3.05) is 0 Å². The van der Waals surface area contributed by atoms with Crippen LogP contribution in [0.25, 0.3) is 0 Å². The quantitative estimate of drug-likeness (QED) is 0.427. The molecule has 4 aliphatic carbocycles. The summed E-state index contributed by atoms with van der Waals surface area (Å²) in [6.07, 6.45) is -2.68. The van der Waals surface area contributed by atoms with E-state index in [1.165, 1.54) is 19.9 Å². The molecule has 0 aromatic heterocycles. The van der Waals surface area contributed by atoms with Gasteiger partial charge >= 0.3 is 5.97 Å². The predicted molar refractivity (Wildman–Crippen MR) is 122 cm³/mol. The molecule has 0 heterocycles. The zero-order valence-electron chi connectivity index (χ0n) is 20.0. The topological polar surface area (TPSA) is 83.8 Å². The second kappa shape index (κ2) is 7.63. The van der Waals surface area contributed by atoms with Gasteiger partial charge in [0.2, 0.25) is 10.8 Å². The third-order valence-corrected chi connectivity index (χ3v) is 9.72. The van der Waals surface area contributed by atoms with Gasteiger partial charge in [-0.05, 0) is 56.3 Å². The molecule has 0 aromatic carbocycles. The maximum Gasteiger partial charge on any atom is 0.303 e. The summed E-state index contributed by atoms with van der Waals surface area (Å²) in [5.74, 6) is -5.19. The van der Waals surface area contributed by atoms with Crippen LogP contribution in [0.4, 0.5) is 13.2 Å². The lowest BCUT2D eigenvalue weighted by molar-refractivity contribution is -0.222. The van der Waals surface area contributed by atoms with E-state index < -0.39 is 86.8 Å². The number of ether oxygens (including phenoxy) is 1. The number of rotatable bonds is 3. The Balaban J connectivity index is 1.93. The lowest BCUT2D eigenvalue weighted by Gasteiger charge is -2.63. The van der Waals surface area contributed by atoms with Crippen molar-refractivity contribution in [3.63, 3.8) is 0 Å². The third-order valence-electron chi connectivity index (χ3n) is 9.42. The molecule has 0 bridgehead atoms. The number of carbonyl (C=O) groups is 2. The fraction of sp³-hybridized carbons (Fsp3) is 0.720. The molecule has 0 amide bonds. The van der Waals surface area contributed by atoms with E-state index in [2.05, 4.69) is 0 Å². The second-order valence-corrected chi connectivity index (χ2v) is 11.3. The minimum absolute atomic E-state index is 0.0414. The molecule has 0 saturated heterocycles. The second-order valence-electron chi connectivity index (χ2n) is 10.9. The Morgan fingerprint density at radius 3 is 2.44 bits per heavy atom. The molecule has 9 heteroatoms. The number of allylic oxidation sites excluding steroid dienone is 4. The molecule has 0 unspecified atom stereocenters. The molecular formula is C25H31F3O5S. The van der Waals surface area contributed by atoms with Crippen LogP contribution in [0, 0.1) is 28.6 Å². The highest BCUT2D eigenvalue weighted by Gasteiger charge is 2.78. The van der Waals surface area contributed by atoms with Gasteiger partial charge in [0.15, 0.2) is 17.1 Å². The predicted octanol–water partition coefficient (Wildman–Crippen LogP) is 4.82. The molecule has 0 radical (unpaired) electrons. The number of thiocarbonyl (C=S) groups is 1. The first-order chi connectivity index (χ1) is 15.6. The summed E-state index contributed by atoms with van der Waals surface area (Å²) in [6, 6.07) is 0. The summed E-state index contributed by atoms with van der Waals surface area (Å²) in [6.45, 7) is 7.55. The first-order valence-electron chi connectivity index (χ1n) is 11.7. The minimum atomic E-state index is -2.49. The summed E-state index contributed by atoms with van der Waals surface area (Å²) in [5, 5.41) is 21.4. The number of hydrogen-bond donors (Lipinski definition) is 2. The van der Waals surface area contributed by atoms with Crippen LogP contribution in [-0.4, -0.2) is 50.6 Å². The van der Waals surface area contributed by atoms with Crippen molar-refractivity contribution in [3.8, 4) is 0 Å². The van der Waals surface area contributed by atoms with E-state index in [1.807, 2.05) is 0 Å². The number of aliphatic hydroxyl groups excluding tert-OH is 2. The molecule has 3 saturated carbocycles. The Morgan fingerprint density at radius 2 is 1.91 bits per heavy atom. The van der Waals surface area contributed by atoms with Crippen LogP contribution in [0.3, 0.4) is 0 Å². The zero-order valence-corrected chi connectivity index (χ0v) is 20.8. The van der Waals surface area contributed by atoms with Crippen LogP contribution >= 0.6 is 12.2 Å². The van der Waals surface area contributed by atoms with Gasteiger partial charge in [-0.15, -0.1) is 0 Å². The van der Waals surface area contributed by atoms with Crippen LogP contribution in [0.1, 0.15) is 60.3 Å². The number of aliphatic hydroxyl groups is 2. The van der Waals surface area contributed by atoms with Crippen LogP contribution in [-0.2, 0) is 14.3 Å². The van der Waals surface area contributed by atoms with Gasteiger partial charge in [0.25, 0.3) is 0 Å². The number of fused-ring (bicyclic) bond motifs is 5. The molecule has 9 atom stereocenters.